The molecule has 0 spiro atoms. The maximum atomic E-state index is 10.1. The lowest BCUT2D eigenvalue weighted by atomic mass is 9.96. The highest BCUT2D eigenvalue weighted by atomic mass is 16.6. The number of benzene rings is 4. The fraction of sp³-hybridized carbons (Fsp3) is 0.0714. The third kappa shape index (κ3) is 4.34. The first kappa shape index (κ1) is 21.3. The highest BCUT2D eigenvalue weighted by Gasteiger charge is 2.34. The number of ether oxygens (including phenoxy) is 2. The van der Waals surface area contributed by atoms with Crippen LogP contribution in [0.5, 0.6) is 34.5 Å². The van der Waals surface area contributed by atoms with Crippen molar-refractivity contribution in [3.8, 4) is 34.5 Å². The van der Waals surface area contributed by atoms with Gasteiger partial charge in [-0.3, -0.25) is 0 Å². The first-order chi connectivity index (χ1) is 16.5. The van der Waals surface area contributed by atoms with E-state index < -0.39 is 12.2 Å². The molecule has 2 atom stereocenters. The van der Waals surface area contributed by atoms with E-state index in [4.69, 9.17) is 9.47 Å². The molecule has 0 amide bonds. The molecule has 0 aromatic heterocycles. The Morgan fingerprint density at radius 3 is 1.76 bits per heavy atom. The molecule has 34 heavy (non-hydrogen) atoms. The molecule has 4 N–H and O–H groups in total. The van der Waals surface area contributed by atoms with Gasteiger partial charge in [0.15, 0.2) is 35.2 Å². The minimum atomic E-state index is -0.611. The van der Waals surface area contributed by atoms with Crippen molar-refractivity contribution in [1.29, 1.82) is 0 Å². The van der Waals surface area contributed by atoms with Gasteiger partial charge < -0.3 is 29.9 Å². The first-order valence-corrected chi connectivity index (χ1v) is 10.7. The predicted octanol–water partition coefficient (Wildman–Crippen LogP) is 5.93. The Morgan fingerprint density at radius 1 is 0.500 bits per heavy atom. The molecule has 5 rings (SSSR count). The monoisotopic (exact) mass is 454 g/mol. The van der Waals surface area contributed by atoms with Gasteiger partial charge in [0, 0.05) is 5.56 Å². The van der Waals surface area contributed by atoms with E-state index in [0.29, 0.717) is 17.1 Å². The number of phenols is 4. The summed E-state index contributed by atoms with van der Waals surface area (Å²) in [4.78, 5) is 0. The second-order valence-corrected chi connectivity index (χ2v) is 8.05. The van der Waals surface area contributed by atoms with Gasteiger partial charge in [0.1, 0.15) is 11.5 Å². The van der Waals surface area contributed by atoms with E-state index >= 15 is 0 Å². The largest absolute Gasteiger partial charge is 0.508 e. The Balaban J connectivity index is 1.49. The van der Waals surface area contributed by atoms with Gasteiger partial charge in [-0.05, 0) is 65.2 Å². The van der Waals surface area contributed by atoms with Gasteiger partial charge in [0.25, 0.3) is 0 Å². The summed E-state index contributed by atoms with van der Waals surface area (Å²) in [6.07, 6.45) is 2.71. The first-order valence-electron chi connectivity index (χ1n) is 10.7. The fourth-order valence-electron chi connectivity index (χ4n) is 3.86. The van der Waals surface area contributed by atoms with Gasteiger partial charge in [-0.2, -0.15) is 0 Å². The van der Waals surface area contributed by atoms with Crippen LogP contribution in [0.4, 0.5) is 0 Å². The topological polar surface area (TPSA) is 99.4 Å². The zero-order valence-corrected chi connectivity index (χ0v) is 18.0. The number of fused-ring (bicyclic) bond motifs is 1. The quantitative estimate of drug-likeness (QED) is 0.225. The van der Waals surface area contributed by atoms with Gasteiger partial charge in [-0.15, -0.1) is 0 Å². The van der Waals surface area contributed by atoms with E-state index in [2.05, 4.69) is 0 Å². The van der Waals surface area contributed by atoms with Crippen LogP contribution in [0.15, 0.2) is 84.9 Å². The molecular weight excluding hydrogens is 432 g/mol. The van der Waals surface area contributed by atoms with Crippen molar-refractivity contribution in [3.63, 3.8) is 0 Å². The van der Waals surface area contributed by atoms with Crippen LogP contribution >= 0.6 is 0 Å². The SMILES string of the molecule is Oc1ccc(/C=C/c2ccc3c(c2)OC(c2ccc(O)c(O)c2)C(c2ccc(O)cc2)O3)cc1. The maximum Gasteiger partial charge on any atom is 0.165 e. The summed E-state index contributed by atoms with van der Waals surface area (Å²) >= 11 is 0. The molecule has 1 heterocycles. The Kier molecular flexibility index (Phi) is 5.47. The Morgan fingerprint density at radius 2 is 1.06 bits per heavy atom. The molecule has 0 aliphatic carbocycles. The molecule has 0 saturated heterocycles. The van der Waals surface area contributed by atoms with Crippen molar-refractivity contribution >= 4 is 12.2 Å². The number of hydrogen-bond acceptors (Lipinski definition) is 6. The van der Waals surface area contributed by atoms with Gasteiger partial charge in [0.05, 0.1) is 0 Å². The van der Waals surface area contributed by atoms with Gasteiger partial charge in [-0.1, -0.05) is 48.6 Å². The molecule has 6 nitrogen and oxygen atoms in total. The van der Waals surface area contributed by atoms with Gasteiger partial charge in [-0.25, -0.2) is 0 Å². The zero-order valence-electron chi connectivity index (χ0n) is 18.0. The molecule has 4 aromatic rings. The van der Waals surface area contributed by atoms with E-state index in [0.717, 1.165) is 16.7 Å². The molecular formula is C28H22O6. The summed E-state index contributed by atoms with van der Waals surface area (Å²) in [5.74, 6) is 1.00. The lowest BCUT2D eigenvalue weighted by molar-refractivity contribution is 0.0182. The third-order valence-electron chi connectivity index (χ3n) is 5.66. The number of hydrogen-bond donors (Lipinski definition) is 4. The standard InChI is InChI=1S/C28H22O6/c29-21-9-3-17(4-10-21)1-2-18-5-14-25-26(15-18)34-28(20-8-13-23(31)24(32)16-20)27(33-25)19-6-11-22(30)12-7-19/h1-16,27-32H/b2-1+. The fourth-order valence-corrected chi connectivity index (χ4v) is 3.86. The van der Waals surface area contributed by atoms with Crippen LogP contribution < -0.4 is 9.47 Å². The smallest absolute Gasteiger partial charge is 0.165 e. The van der Waals surface area contributed by atoms with E-state index in [1.807, 2.05) is 42.5 Å². The minimum Gasteiger partial charge on any atom is -0.508 e. The summed E-state index contributed by atoms with van der Waals surface area (Å²) in [6, 6.07) is 23.7. The Hall–Kier alpha value is -4.58. The normalized spacial score (nSPS) is 17.1. The number of rotatable bonds is 4. The lowest BCUT2D eigenvalue weighted by Crippen LogP contribution is -2.26. The second kappa shape index (κ2) is 8.75. The van der Waals surface area contributed by atoms with Crippen LogP contribution in [0.2, 0.25) is 0 Å². The van der Waals surface area contributed by atoms with Crippen LogP contribution in [0.25, 0.3) is 12.2 Å². The summed E-state index contributed by atoms with van der Waals surface area (Å²) < 4.78 is 12.7. The molecule has 4 aromatic carbocycles. The molecule has 0 fully saturated rings. The third-order valence-corrected chi connectivity index (χ3v) is 5.66. The van der Waals surface area contributed by atoms with Gasteiger partial charge in [0.2, 0.25) is 0 Å². The average molecular weight is 454 g/mol. The lowest BCUT2D eigenvalue weighted by Gasteiger charge is -2.35. The van der Waals surface area contributed by atoms with Gasteiger partial charge >= 0.3 is 0 Å². The highest BCUT2D eigenvalue weighted by molar-refractivity contribution is 5.71. The van der Waals surface area contributed by atoms with Crippen LogP contribution in [0, 0.1) is 0 Å². The second-order valence-electron chi connectivity index (χ2n) is 8.05. The predicted molar refractivity (Wildman–Crippen MR) is 128 cm³/mol. The molecule has 0 bridgehead atoms. The van der Waals surface area contributed by atoms with Crippen molar-refractivity contribution in [2.45, 2.75) is 12.2 Å². The molecule has 1 aliphatic rings. The van der Waals surface area contributed by atoms with Crippen LogP contribution in [-0.2, 0) is 0 Å². The summed E-state index contributed by atoms with van der Waals surface area (Å²) in [5, 5.41) is 38.9. The van der Waals surface area contributed by atoms with Crippen LogP contribution in [-0.4, -0.2) is 20.4 Å². The highest BCUT2D eigenvalue weighted by Crippen LogP contribution is 2.47. The van der Waals surface area contributed by atoms with Crippen molar-refractivity contribution < 1.29 is 29.9 Å². The summed E-state index contributed by atoms with van der Waals surface area (Å²) in [6.45, 7) is 0. The van der Waals surface area contributed by atoms with E-state index in [1.165, 1.54) is 12.1 Å². The molecule has 0 radical (unpaired) electrons. The van der Waals surface area contributed by atoms with Crippen LogP contribution in [0.1, 0.15) is 34.5 Å². The summed E-state index contributed by atoms with van der Waals surface area (Å²) in [7, 11) is 0. The van der Waals surface area contributed by atoms with Crippen molar-refractivity contribution in [2.24, 2.45) is 0 Å². The summed E-state index contributed by atoms with van der Waals surface area (Å²) in [5.41, 5.74) is 3.25. The Bertz CT molecular complexity index is 1340. The molecule has 0 saturated carbocycles. The maximum absolute atomic E-state index is 10.1. The van der Waals surface area contributed by atoms with Crippen molar-refractivity contribution in [1.82, 2.24) is 0 Å². The molecule has 6 heteroatoms. The van der Waals surface area contributed by atoms with E-state index in [-0.39, 0.29) is 23.0 Å². The number of aromatic hydroxyl groups is 4. The zero-order chi connectivity index (χ0) is 23.7. The van der Waals surface area contributed by atoms with E-state index in [9.17, 15) is 20.4 Å². The minimum absolute atomic E-state index is 0.143. The van der Waals surface area contributed by atoms with Crippen LogP contribution in [0.3, 0.4) is 0 Å². The average Bonchev–Trinajstić information content (AvgIpc) is 2.85. The number of phenolic OH excluding ortho intramolecular Hbond substituents is 4. The molecule has 2 unspecified atom stereocenters. The Labute approximate surface area is 196 Å². The molecule has 1 aliphatic heterocycles. The van der Waals surface area contributed by atoms with Crippen molar-refractivity contribution in [3.05, 3.63) is 107 Å². The van der Waals surface area contributed by atoms with E-state index in [1.54, 1.807) is 42.5 Å². The van der Waals surface area contributed by atoms with Crippen molar-refractivity contribution in [2.75, 3.05) is 0 Å². The molecule has 170 valence electrons.